The highest BCUT2D eigenvalue weighted by Crippen LogP contribution is 2.04. The molecule has 0 unspecified atom stereocenters. The summed E-state index contributed by atoms with van der Waals surface area (Å²) in [6.45, 7) is 4.36. The Morgan fingerprint density at radius 2 is 2.25 bits per heavy atom. The van der Waals surface area contributed by atoms with Gasteiger partial charge in [0.25, 0.3) is 0 Å². The van der Waals surface area contributed by atoms with Crippen LogP contribution in [0.1, 0.15) is 13.8 Å². The molecule has 0 aliphatic heterocycles. The summed E-state index contributed by atoms with van der Waals surface area (Å²) >= 11 is 1.65. The van der Waals surface area contributed by atoms with E-state index in [4.69, 9.17) is 5.11 Å². The van der Waals surface area contributed by atoms with Crippen molar-refractivity contribution in [3.05, 3.63) is 11.0 Å². The Morgan fingerprint density at radius 3 is 2.62 bits per heavy atom. The molecule has 0 aromatic carbocycles. The topological polar surface area (TPSA) is 20.2 Å². The van der Waals surface area contributed by atoms with Crippen molar-refractivity contribution in [3.63, 3.8) is 0 Å². The normalized spacial score (nSPS) is 8.88. The van der Waals surface area contributed by atoms with Gasteiger partial charge in [0.05, 0.1) is 6.61 Å². The summed E-state index contributed by atoms with van der Waals surface area (Å²) in [6.07, 6.45) is 0. The number of rotatable bonds is 3. The van der Waals surface area contributed by atoms with E-state index in [0.29, 0.717) is 0 Å². The molecule has 0 fully saturated rings. The van der Waals surface area contributed by atoms with Crippen LogP contribution in [0.25, 0.3) is 0 Å². The molecule has 0 saturated carbocycles. The van der Waals surface area contributed by atoms with E-state index in [1.807, 2.05) is 13.8 Å². The number of aliphatic hydroxyl groups excluding tert-OH is 1. The first-order valence-electron chi connectivity index (χ1n) is 2.63. The molecule has 0 amide bonds. The van der Waals surface area contributed by atoms with Gasteiger partial charge in [-0.25, -0.2) is 0 Å². The first kappa shape index (κ1) is 8.05. The maximum Gasteiger partial charge on any atom is 0.0525 e. The zero-order valence-corrected chi connectivity index (χ0v) is 6.16. The first-order valence-corrected chi connectivity index (χ1v) is 3.68. The number of aliphatic hydroxyl groups is 1. The van der Waals surface area contributed by atoms with Gasteiger partial charge in [0, 0.05) is 5.75 Å². The molecule has 0 bridgehead atoms. The third kappa shape index (κ3) is 6.05. The van der Waals surface area contributed by atoms with E-state index in [9.17, 15) is 0 Å². The molecule has 0 heterocycles. The third-order valence-corrected chi connectivity index (χ3v) is 1.58. The van der Waals surface area contributed by atoms with Crippen LogP contribution in [0.15, 0.2) is 11.0 Å². The van der Waals surface area contributed by atoms with Crippen molar-refractivity contribution in [1.29, 1.82) is 0 Å². The fraction of sp³-hybridized carbons (Fsp3) is 0.667. The van der Waals surface area contributed by atoms with Crippen LogP contribution in [0.2, 0.25) is 0 Å². The first-order chi connectivity index (χ1) is 3.77. The molecule has 2 heteroatoms. The maximum absolute atomic E-state index is 8.33. The summed E-state index contributed by atoms with van der Waals surface area (Å²) in [7, 11) is 0. The molecule has 0 aromatic heterocycles. The van der Waals surface area contributed by atoms with Crippen LogP contribution in [-0.4, -0.2) is 17.5 Å². The smallest absolute Gasteiger partial charge is 0.0525 e. The molecular weight excluding hydrogens is 120 g/mol. The van der Waals surface area contributed by atoms with E-state index in [1.54, 1.807) is 11.8 Å². The fourth-order valence-electron chi connectivity index (χ4n) is 0.278. The van der Waals surface area contributed by atoms with Crippen LogP contribution < -0.4 is 0 Å². The molecule has 0 spiro atoms. The minimum Gasteiger partial charge on any atom is -0.396 e. The van der Waals surface area contributed by atoms with Gasteiger partial charge >= 0.3 is 0 Å². The summed E-state index contributed by atoms with van der Waals surface area (Å²) in [6, 6.07) is 0. The quantitative estimate of drug-likeness (QED) is 0.589. The Balaban J connectivity index is 3.03. The van der Waals surface area contributed by atoms with E-state index < -0.39 is 0 Å². The van der Waals surface area contributed by atoms with Gasteiger partial charge in [0.15, 0.2) is 0 Å². The van der Waals surface area contributed by atoms with Crippen molar-refractivity contribution in [3.8, 4) is 0 Å². The fourth-order valence-corrected chi connectivity index (χ4v) is 0.835. The van der Waals surface area contributed by atoms with Crippen LogP contribution >= 0.6 is 11.8 Å². The van der Waals surface area contributed by atoms with E-state index in [2.05, 4.69) is 5.41 Å². The monoisotopic (exact) mass is 132 g/mol. The molecule has 1 N–H and O–H groups in total. The summed E-state index contributed by atoms with van der Waals surface area (Å²) in [5, 5.41) is 10.4. The van der Waals surface area contributed by atoms with Crippen molar-refractivity contribution in [1.82, 2.24) is 0 Å². The highest BCUT2D eigenvalue weighted by atomic mass is 32.2. The number of allylic oxidation sites excluding steroid dienone is 1. The molecule has 0 atom stereocenters. The average Bonchev–Trinajstić information content (AvgIpc) is 1.66. The Labute approximate surface area is 54.8 Å². The lowest BCUT2D eigenvalue weighted by molar-refractivity contribution is 0.322. The van der Waals surface area contributed by atoms with Gasteiger partial charge in [-0.2, -0.15) is 0 Å². The lowest BCUT2D eigenvalue weighted by Gasteiger charge is -1.88. The van der Waals surface area contributed by atoms with E-state index >= 15 is 0 Å². The Morgan fingerprint density at radius 1 is 1.62 bits per heavy atom. The molecule has 0 radical (unpaired) electrons. The summed E-state index contributed by atoms with van der Waals surface area (Å²) in [4.78, 5) is 0. The Kier molecular flexibility index (Phi) is 5.22. The standard InChI is InChI=1S/C6H12OS/c1-6(2)5-8-4-3-7/h5,7H,3-4H2,1-2H3. The molecular formula is C6H12OS. The van der Waals surface area contributed by atoms with Crippen molar-refractivity contribution in [2.75, 3.05) is 12.4 Å². The number of thioether (sulfide) groups is 1. The maximum atomic E-state index is 8.33. The van der Waals surface area contributed by atoms with Gasteiger partial charge in [0.2, 0.25) is 0 Å². The lowest BCUT2D eigenvalue weighted by Crippen LogP contribution is -1.81. The second kappa shape index (κ2) is 5.19. The van der Waals surface area contributed by atoms with Gasteiger partial charge in [-0.15, -0.1) is 11.8 Å². The van der Waals surface area contributed by atoms with Crippen molar-refractivity contribution >= 4 is 11.8 Å². The third-order valence-electron chi connectivity index (χ3n) is 0.528. The largest absolute Gasteiger partial charge is 0.396 e. The molecule has 0 rings (SSSR count). The summed E-state index contributed by atoms with van der Waals surface area (Å²) in [5.41, 5.74) is 1.29. The minimum atomic E-state index is 0.272. The second-order valence-electron chi connectivity index (χ2n) is 1.79. The van der Waals surface area contributed by atoms with Crippen LogP contribution in [0, 0.1) is 0 Å². The molecule has 0 saturated heterocycles. The van der Waals surface area contributed by atoms with Crippen LogP contribution in [0.3, 0.4) is 0 Å². The molecule has 48 valence electrons. The van der Waals surface area contributed by atoms with Gasteiger partial charge in [-0.1, -0.05) is 5.57 Å². The van der Waals surface area contributed by atoms with Crippen molar-refractivity contribution < 1.29 is 5.11 Å². The average molecular weight is 132 g/mol. The van der Waals surface area contributed by atoms with Crippen LogP contribution in [-0.2, 0) is 0 Å². The highest BCUT2D eigenvalue weighted by molar-refractivity contribution is 8.02. The number of hydrogen-bond donors (Lipinski definition) is 1. The second-order valence-corrected chi connectivity index (χ2v) is 2.77. The highest BCUT2D eigenvalue weighted by Gasteiger charge is 1.78. The summed E-state index contributed by atoms with van der Waals surface area (Å²) in [5.74, 6) is 0.811. The number of hydrogen-bond acceptors (Lipinski definition) is 2. The zero-order chi connectivity index (χ0) is 6.41. The van der Waals surface area contributed by atoms with E-state index in [0.717, 1.165) is 5.75 Å². The van der Waals surface area contributed by atoms with Crippen LogP contribution in [0.5, 0.6) is 0 Å². The van der Waals surface area contributed by atoms with Gasteiger partial charge in [0.1, 0.15) is 0 Å². The minimum absolute atomic E-state index is 0.272. The lowest BCUT2D eigenvalue weighted by atomic mass is 10.4. The molecule has 0 aliphatic carbocycles. The Bertz CT molecular complexity index is 74.6. The van der Waals surface area contributed by atoms with E-state index in [-0.39, 0.29) is 6.61 Å². The predicted molar refractivity (Wildman–Crippen MR) is 39.0 cm³/mol. The van der Waals surface area contributed by atoms with Gasteiger partial charge < -0.3 is 5.11 Å². The zero-order valence-electron chi connectivity index (χ0n) is 5.35. The SMILES string of the molecule is CC(C)=CSCCO. The van der Waals surface area contributed by atoms with Gasteiger partial charge in [-0.05, 0) is 19.3 Å². The molecule has 0 aliphatic rings. The van der Waals surface area contributed by atoms with Crippen LogP contribution in [0.4, 0.5) is 0 Å². The predicted octanol–water partition coefficient (Wildman–Crippen LogP) is 1.64. The molecule has 8 heavy (non-hydrogen) atoms. The van der Waals surface area contributed by atoms with E-state index in [1.165, 1.54) is 5.57 Å². The Hall–Kier alpha value is 0.0500. The van der Waals surface area contributed by atoms with Gasteiger partial charge in [-0.3, -0.25) is 0 Å². The van der Waals surface area contributed by atoms with Crippen molar-refractivity contribution in [2.45, 2.75) is 13.8 Å². The molecule has 0 aromatic rings. The molecule has 1 nitrogen and oxygen atoms in total. The summed E-state index contributed by atoms with van der Waals surface area (Å²) < 4.78 is 0. The van der Waals surface area contributed by atoms with Crippen molar-refractivity contribution in [2.24, 2.45) is 0 Å².